The molecule has 0 aromatic rings. The van der Waals surface area contributed by atoms with Crippen molar-refractivity contribution in [3.05, 3.63) is 10.1 Å². The highest BCUT2D eigenvalue weighted by Gasteiger charge is 2.54. The van der Waals surface area contributed by atoms with Gasteiger partial charge >= 0.3 is 5.97 Å². The predicted octanol–water partition coefficient (Wildman–Crippen LogP) is -0.770. The number of carbonyl (C=O) groups is 2. The molecule has 124 valence electrons. The Hall–Kier alpha value is -1.71. The lowest BCUT2D eigenvalue weighted by molar-refractivity contribution is -0.497. The molecule has 1 saturated heterocycles. The number of amides is 1. The van der Waals surface area contributed by atoms with Crippen molar-refractivity contribution in [2.75, 3.05) is 24.7 Å². The topological polar surface area (TPSA) is 124 Å². The van der Waals surface area contributed by atoms with Gasteiger partial charge in [0.1, 0.15) is 5.92 Å². The Morgan fingerprint density at radius 2 is 2.09 bits per heavy atom. The average molecular weight is 334 g/mol. The first kappa shape index (κ1) is 16.7. The van der Waals surface area contributed by atoms with E-state index in [0.717, 1.165) is 0 Å². The van der Waals surface area contributed by atoms with Crippen LogP contribution in [0.25, 0.3) is 0 Å². The molecule has 2 rings (SSSR count). The monoisotopic (exact) mass is 334 g/mol. The van der Waals surface area contributed by atoms with E-state index in [0.29, 0.717) is 13.0 Å². The maximum atomic E-state index is 12.1. The van der Waals surface area contributed by atoms with E-state index in [1.54, 1.807) is 6.92 Å². The lowest BCUT2D eigenvalue weighted by atomic mass is 10.2. The Bertz CT molecular complexity index is 588. The summed E-state index contributed by atoms with van der Waals surface area (Å²) < 4.78 is 27.7. The molecule has 1 heterocycles. The average Bonchev–Trinajstić information content (AvgIpc) is 3.16. The number of ether oxygens (including phenoxy) is 1. The van der Waals surface area contributed by atoms with Gasteiger partial charge in [-0.15, -0.1) is 0 Å². The van der Waals surface area contributed by atoms with Crippen LogP contribution in [-0.2, 0) is 24.2 Å². The molecule has 2 aliphatic rings. The zero-order valence-corrected chi connectivity index (χ0v) is 13.0. The Morgan fingerprint density at radius 1 is 1.41 bits per heavy atom. The van der Waals surface area contributed by atoms with Gasteiger partial charge in [-0.1, -0.05) is 0 Å². The van der Waals surface area contributed by atoms with E-state index in [9.17, 15) is 28.1 Å². The Kier molecular flexibility index (Phi) is 4.69. The van der Waals surface area contributed by atoms with Crippen LogP contribution in [0.5, 0.6) is 0 Å². The van der Waals surface area contributed by atoms with Crippen LogP contribution in [0.15, 0.2) is 0 Å². The number of nitro groups is 1. The normalized spacial score (nSPS) is 28.9. The van der Waals surface area contributed by atoms with E-state index in [1.165, 1.54) is 4.90 Å². The summed E-state index contributed by atoms with van der Waals surface area (Å²) in [7, 11) is -3.11. The molecular weight excluding hydrogens is 316 g/mol. The van der Waals surface area contributed by atoms with Crippen molar-refractivity contribution < 1.29 is 27.7 Å². The molecule has 0 bridgehead atoms. The fourth-order valence-corrected chi connectivity index (χ4v) is 4.38. The first-order valence-corrected chi connectivity index (χ1v) is 8.87. The van der Waals surface area contributed by atoms with E-state index < -0.39 is 51.2 Å². The fourth-order valence-electron chi connectivity index (χ4n) is 2.65. The number of likely N-dealkylation sites (N-methyl/N-ethyl adjacent to an activating group) is 1. The lowest BCUT2D eigenvalue weighted by Gasteiger charge is -2.26. The third kappa shape index (κ3) is 3.73. The number of sulfone groups is 1. The molecule has 2 fully saturated rings. The van der Waals surface area contributed by atoms with Crippen molar-refractivity contribution in [3.63, 3.8) is 0 Å². The number of rotatable bonds is 6. The van der Waals surface area contributed by atoms with Crippen LogP contribution in [-0.4, -0.2) is 66.9 Å². The molecule has 10 heteroatoms. The molecule has 1 saturated carbocycles. The molecule has 3 unspecified atom stereocenters. The van der Waals surface area contributed by atoms with Crippen molar-refractivity contribution in [1.29, 1.82) is 0 Å². The molecule has 0 aromatic heterocycles. The van der Waals surface area contributed by atoms with Gasteiger partial charge in [-0.25, -0.2) is 8.42 Å². The molecule has 0 N–H and O–H groups in total. The van der Waals surface area contributed by atoms with E-state index in [-0.39, 0.29) is 17.9 Å². The number of hydrogen-bond donors (Lipinski definition) is 0. The summed E-state index contributed by atoms with van der Waals surface area (Å²) in [5.41, 5.74) is 0. The van der Waals surface area contributed by atoms with Crippen molar-refractivity contribution in [2.45, 2.75) is 31.8 Å². The van der Waals surface area contributed by atoms with E-state index >= 15 is 0 Å². The molecule has 22 heavy (non-hydrogen) atoms. The summed E-state index contributed by atoms with van der Waals surface area (Å²) in [5, 5.41) is 10.5. The van der Waals surface area contributed by atoms with Crippen LogP contribution in [0, 0.1) is 16.0 Å². The third-order valence-corrected chi connectivity index (χ3v) is 5.73. The highest BCUT2D eigenvalue weighted by Crippen LogP contribution is 2.34. The minimum atomic E-state index is -3.11. The van der Waals surface area contributed by atoms with Crippen LogP contribution >= 0.6 is 0 Å². The maximum Gasteiger partial charge on any atom is 0.316 e. The Morgan fingerprint density at radius 3 is 2.55 bits per heavy atom. The lowest BCUT2D eigenvalue weighted by Crippen LogP contribution is -2.43. The van der Waals surface area contributed by atoms with Gasteiger partial charge in [0.25, 0.3) is 5.91 Å². The zero-order chi connectivity index (χ0) is 16.5. The summed E-state index contributed by atoms with van der Waals surface area (Å²) in [4.78, 5) is 34.9. The number of nitrogens with zero attached hydrogens (tertiary/aromatic N) is 2. The van der Waals surface area contributed by atoms with Crippen molar-refractivity contribution in [2.24, 2.45) is 5.92 Å². The van der Waals surface area contributed by atoms with Gasteiger partial charge in [-0.2, -0.15) is 0 Å². The van der Waals surface area contributed by atoms with Gasteiger partial charge < -0.3 is 9.64 Å². The highest BCUT2D eigenvalue weighted by molar-refractivity contribution is 7.91. The Labute approximate surface area is 127 Å². The maximum absolute atomic E-state index is 12.1. The van der Waals surface area contributed by atoms with Crippen molar-refractivity contribution >= 4 is 21.7 Å². The summed E-state index contributed by atoms with van der Waals surface area (Å²) in [6, 6.07) is -1.31. The molecule has 0 aromatic carbocycles. The van der Waals surface area contributed by atoms with Gasteiger partial charge in [-0.05, 0) is 13.3 Å². The van der Waals surface area contributed by atoms with Crippen LogP contribution in [0.3, 0.4) is 0 Å². The number of esters is 1. The predicted molar refractivity (Wildman–Crippen MR) is 74.3 cm³/mol. The summed E-state index contributed by atoms with van der Waals surface area (Å²) in [6.07, 6.45) is 0.514. The standard InChI is InChI=1S/C12H18N2O7S/c1-2-13(8-3-4-22(19,20)7-8)11(15)6-21-12(16)9-5-10(9)14(17)18/h8-10H,2-7H2,1H3. The molecular formula is C12H18N2O7S. The largest absolute Gasteiger partial charge is 0.455 e. The molecule has 1 amide bonds. The molecule has 1 aliphatic heterocycles. The van der Waals surface area contributed by atoms with Gasteiger partial charge in [0, 0.05) is 23.9 Å². The van der Waals surface area contributed by atoms with Gasteiger partial charge in [-0.3, -0.25) is 19.7 Å². The van der Waals surface area contributed by atoms with E-state index in [1.807, 2.05) is 0 Å². The van der Waals surface area contributed by atoms with Crippen LogP contribution in [0.1, 0.15) is 19.8 Å². The first-order chi connectivity index (χ1) is 10.2. The third-order valence-electron chi connectivity index (χ3n) is 3.98. The smallest absolute Gasteiger partial charge is 0.316 e. The number of hydrogen-bond acceptors (Lipinski definition) is 7. The van der Waals surface area contributed by atoms with Crippen molar-refractivity contribution in [1.82, 2.24) is 4.90 Å². The van der Waals surface area contributed by atoms with Crippen LogP contribution in [0.2, 0.25) is 0 Å². The quantitative estimate of drug-likeness (QED) is 0.355. The minimum absolute atomic E-state index is 0.0494. The molecule has 3 atom stereocenters. The zero-order valence-electron chi connectivity index (χ0n) is 12.1. The van der Waals surface area contributed by atoms with Crippen LogP contribution < -0.4 is 0 Å². The second kappa shape index (κ2) is 6.19. The van der Waals surface area contributed by atoms with Crippen LogP contribution in [0.4, 0.5) is 0 Å². The van der Waals surface area contributed by atoms with Crippen molar-refractivity contribution in [3.8, 4) is 0 Å². The summed E-state index contributed by atoms with van der Waals surface area (Å²) in [6.45, 7) is 1.52. The summed E-state index contributed by atoms with van der Waals surface area (Å²) >= 11 is 0. The highest BCUT2D eigenvalue weighted by atomic mass is 32.2. The SMILES string of the molecule is CCN(C(=O)COC(=O)C1CC1[N+](=O)[O-])C1CCS(=O)(=O)C1. The summed E-state index contributed by atoms with van der Waals surface area (Å²) in [5.74, 6) is -2.02. The second-order valence-corrected chi connectivity index (χ2v) is 7.77. The molecule has 9 nitrogen and oxygen atoms in total. The molecule has 1 aliphatic carbocycles. The van der Waals surface area contributed by atoms with Gasteiger partial charge in [0.05, 0.1) is 11.5 Å². The molecule has 0 spiro atoms. The first-order valence-electron chi connectivity index (χ1n) is 7.05. The fraction of sp³-hybridized carbons (Fsp3) is 0.833. The van der Waals surface area contributed by atoms with E-state index in [4.69, 9.17) is 4.74 Å². The Balaban J connectivity index is 1.83. The molecule has 0 radical (unpaired) electrons. The van der Waals surface area contributed by atoms with Gasteiger partial charge in [0.15, 0.2) is 16.4 Å². The van der Waals surface area contributed by atoms with E-state index in [2.05, 4.69) is 0 Å². The minimum Gasteiger partial charge on any atom is -0.455 e. The second-order valence-electron chi connectivity index (χ2n) is 5.54. The number of carbonyl (C=O) groups excluding carboxylic acids is 2. The van der Waals surface area contributed by atoms with Gasteiger partial charge in [0.2, 0.25) is 6.04 Å².